The Morgan fingerprint density at radius 1 is 1.50 bits per heavy atom. The van der Waals surface area contributed by atoms with E-state index in [4.69, 9.17) is 0 Å². The average Bonchev–Trinajstić information content (AvgIpc) is 2.38. The molecule has 5 nitrogen and oxygen atoms in total. The van der Waals surface area contributed by atoms with Crippen molar-refractivity contribution in [3.05, 3.63) is 17.6 Å². The largest absolute Gasteiger partial charge is 0.373 e. The van der Waals surface area contributed by atoms with Gasteiger partial charge in [0.25, 0.3) is 0 Å². The second-order valence-electron chi connectivity index (χ2n) is 4.78. The van der Waals surface area contributed by atoms with Gasteiger partial charge in [-0.05, 0) is 19.8 Å². The summed E-state index contributed by atoms with van der Waals surface area (Å²) in [6.45, 7) is 5.17. The van der Waals surface area contributed by atoms with Crippen molar-refractivity contribution in [3.63, 3.8) is 0 Å². The Kier molecular flexibility index (Phi) is 3.79. The molecular weight excluding hydrogens is 228 g/mol. The van der Waals surface area contributed by atoms with Crippen LogP contribution in [-0.4, -0.2) is 40.9 Å². The molecule has 0 bridgehead atoms. The molecule has 1 unspecified atom stereocenters. The van der Waals surface area contributed by atoms with Gasteiger partial charge in [0.1, 0.15) is 11.6 Å². The van der Waals surface area contributed by atoms with E-state index in [1.807, 2.05) is 24.9 Å². The van der Waals surface area contributed by atoms with Crippen LogP contribution in [0, 0.1) is 6.92 Å². The van der Waals surface area contributed by atoms with E-state index in [9.17, 15) is 4.79 Å². The number of carbonyl (C=O) groups excluding carboxylic acids is 1. The highest BCUT2D eigenvalue weighted by Gasteiger charge is 2.24. The maximum absolute atomic E-state index is 11.4. The zero-order valence-electron chi connectivity index (χ0n) is 11.2. The van der Waals surface area contributed by atoms with E-state index in [1.165, 1.54) is 0 Å². The number of hydrogen-bond donors (Lipinski definition) is 1. The van der Waals surface area contributed by atoms with Gasteiger partial charge in [-0.15, -0.1) is 0 Å². The SMILES string of the molecule is CNc1cc(C2CCCN(C(C)=O)C2)nc(C)n1. The molecule has 1 aliphatic heterocycles. The van der Waals surface area contributed by atoms with Crippen LogP contribution in [0.15, 0.2) is 6.07 Å². The van der Waals surface area contributed by atoms with Gasteiger partial charge in [-0.3, -0.25) is 4.79 Å². The van der Waals surface area contributed by atoms with E-state index in [-0.39, 0.29) is 5.91 Å². The van der Waals surface area contributed by atoms with Gasteiger partial charge in [0.15, 0.2) is 0 Å². The fraction of sp³-hybridized carbons (Fsp3) is 0.615. The number of nitrogens with one attached hydrogen (secondary N) is 1. The smallest absolute Gasteiger partial charge is 0.219 e. The van der Waals surface area contributed by atoms with Crippen molar-refractivity contribution in [3.8, 4) is 0 Å². The second kappa shape index (κ2) is 5.33. The van der Waals surface area contributed by atoms with Crippen molar-refractivity contribution in [2.24, 2.45) is 0 Å². The lowest BCUT2D eigenvalue weighted by Crippen LogP contribution is -2.37. The van der Waals surface area contributed by atoms with E-state index in [0.29, 0.717) is 5.92 Å². The van der Waals surface area contributed by atoms with Crippen molar-refractivity contribution in [1.29, 1.82) is 0 Å². The number of carbonyl (C=O) groups is 1. The lowest BCUT2D eigenvalue weighted by Gasteiger charge is -2.31. The number of piperidine rings is 1. The van der Waals surface area contributed by atoms with Crippen LogP contribution in [0.5, 0.6) is 0 Å². The van der Waals surface area contributed by atoms with Crippen molar-refractivity contribution in [1.82, 2.24) is 14.9 Å². The third-order valence-corrected chi connectivity index (χ3v) is 3.40. The number of aromatic nitrogens is 2. The zero-order chi connectivity index (χ0) is 13.1. The Bertz CT molecular complexity index is 447. The minimum Gasteiger partial charge on any atom is -0.373 e. The van der Waals surface area contributed by atoms with Gasteiger partial charge in [-0.1, -0.05) is 0 Å². The molecule has 1 aromatic rings. The van der Waals surface area contributed by atoms with Crippen LogP contribution in [0.3, 0.4) is 0 Å². The standard InChI is InChI=1S/C13H20N4O/c1-9-15-12(7-13(14-3)16-9)11-5-4-6-17(8-11)10(2)18/h7,11H,4-6,8H2,1-3H3,(H,14,15,16). The summed E-state index contributed by atoms with van der Waals surface area (Å²) < 4.78 is 0. The van der Waals surface area contributed by atoms with Gasteiger partial charge in [0, 0.05) is 39.0 Å². The first-order valence-electron chi connectivity index (χ1n) is 6.39. The highest BCUT2D eigenvalue weighted by molar-refractivity contribution is 5.73. The van der Waals surface area contributed by atoms with Crippen molar-refractivity contribution < 1.29 is 4.79 Å². The Hall–Kier alpha value is -1.65. The second-order valence-corrected chi connectivity index (χ2v) is 4.78. The summed E-state index contributed by atoms with van der Waals surface area (Å²) in [4.78, 5) is 22.2. The maximum atomic E-state index is 11.4. The third kappa shape index (κ3) is 2.78. The fourth-order valence-corrected chi connectivity index (χ4v) is 2.43. The predicted octanol–water partition coefficient (Wildman–Crippen LogP) is 1.55. The Labute approximate surface area is 108 Å². The Morgan fingerprint density at radius 2 is 2.28 bits per heavy atom. The molecule has 18 heavy (non-hydrogen) atoms. The van der Waals surface area contributed by atoms with Crippen LogP contribution >= 0.6 is 0 Å². The molecule has 1 fully saturated rings. The monoisotopic (exact) mass is 248 g/mol. The highest BCUT2D eigenvalue weighted by Crippen LogP contribution is 2.26. The normalized spacial score (nSPS) is 19.7. The summed E-state index contributed by atoms with van der Waals surface area (Å²) in [6, 6.07) is 1.99. The molecule has 0 spiro atoms. The number of anilines is 1. The molecule has 0 aliphatic carbocycles. The lowest BCUT2D eigenvalue weighted by atomic mass is 9.94. The Balaban J connectivity index is 2.20. The molecule has 1 aliphatic rings. The molecule has 1 N–H and O–H groups in total. The number of amides is 1. The molecule has 0 radical (unpaired) electrons. The first kappa shape index (κ1) is 12.8. The average molecular weight is 248 g/mol. The molecule has 2 heterocycles. The molecule has 1 saturated heterocycles. The Morgan fingerprint density at radius 3 is 2.94 bits per heavy atom. The molecule has 1 aromatic heterocycles. The van der Waals surface area contributed by atoms with Crippen molar-refractivity contribution >= 4 is 11.7 Å². The molecule has 1 atom stereocenters. The molecule has 98 valence electrons. The number of hydrogen-bond acceptors (Lipinski definition) is 4. The van der Waals surface area contributed by atoms with Gasteiger partial charge < -0.3 is 10.2 Å². The predicted molar refractivity (Wildman–Crippen MR) is 70.5 cm³/mol. The van der Waals surface area contributed by atoms with Crippen LogP contribution in [0.25, 0.3) is 0 Å². The van der Waals surface area contributed by atoms with Crippen LogP contribution in [-0.2, 0) is 4.79 Å². The minimum absolute atomic E-state index is 0.152. The lowest BCUT2D eigenvalue weighted by molar-refractivity contribution is -0.130. The van der Waals surface area contributed by atoms with Crippen LogP contribution < -0.4 is 5.32 Å². The first-order chi connectivity index (χ1) is 8.60. The minimum atomic E-state index is 0.152. The van der Waals surface area contributed by atoms with E-state index < -0.39 is 0 Å². The number of nitrogens with zero attached hydrogens (tertiary/aromatic N) is 3. The van der Waals surface area contributed by atoms with Crippen LogP contribution in [0.2, 0.25) is 0 Å². The number of likely N-dealkylation sites (tertiary alicyclic amines) is 1. The summed E-state index contributed by atoms with van der Waals surface area (Å²) >= 11 is 0. The van der Waals surface area contributed by atoms with E-state index in [2.05, 4.69) is 15.3 Å². The van der Waals surface area contributed by atoms with Gasteiger partial charge in [-0.25, -0.2) is 9.97 Å². The van der Waals surface area contributed by atoms with Gasteiger partial charge in [0.2, 0.25) is 5.91 Å². The summed E-state index contributed by atoms with van der Waals surface area (Å²) in [5, 5.41) is 3.05. The van der Waals surface area contributed by atoms with Crippen LogP contribution in [0.1, 0.15) is 37.2 Å². The maximum Gasteiger partial charge on any atom is 0.219 e. The van der Waals surface area contributed by atoms with E-state index in [1.54, 1.807) is 6.92 Å². The number of aryl methyl sites for hydroxylation is 1. The van der Waals surface area contributed by atoms with Gasteiger partial charge in [-0.2, -0.15) is 0 Å². The number of rotatable bonds is 2. The fourth-order valence-electron chi connectivity index (χ4n) is 2.43. The summed E-state index contributed by atoms with van der Waals surface area (Å²) in [5.41, 5.74) is 1.04. The molecule has 1 amide bonds. The van der Waals surface area contributed by atoms with E-state index >= 15 is 0 Å². The van der Waals surface area contributed by atoms with Crippen molar-refractivity contribution in [2.75, 3.05) is 25.5 Å². The van der Waals surface area contributed by atoms with Crippen molar-refractivity contribution in [2.45, 2.75) is 32.6 Å². The zero-order valence-corrected chi connectivity index (χ0v) is 11.2. The summed E-state index contributed by atoms with van der Waals surface area (Å²) in [5.74, 6) is 2.10. The molecule has 5 heteroatoms. The topological polar surface area (TPSA) is 58.1 Å². The molecule has 0 saturated carbocycles. The molecular formula is C13H20N4O. The quantitative estimate of drug-likeness (QED) is 0.862. The van der Waals surface area contributed by atoms with E-state index in [0.717, 1.165) is 43.3 Å². The molecule has 2 rings (SSSR count). The van der Waals surface area contributed by atoms with Gasteiger partial charge in [0.05, 0.1) is 5.69 Å². The van der Waals surface area contributed by atoms with Gasteiger partial charge >= 0.3 is 0 Å². The third-order valence-electron chi connectivity index (χ3n) is 3.40. The van der Waals surface area contributed by atoms with Crippen LogP contribution in [0.4, 0.5) is 5.82 Å². The summed E-state index contributed by atoms with van der Waals surface area (Å²) in [7, 11) is 1.86. The molecule has 0 aromatic carbocycles. The highest BCUT2D eigenvalue weighted by atomic mass is 16.2. The summed E-state index contributed by atoms with van der Waals surface area (Å²) in [6.07, 6.45) is 2.13. The first-order valence-corrected chi connectivity index (χ1v) is 6.39.